The van der Waals surface area contributed by atoms with Gasteiger partial charge in [0, 0.05) is 44.2 Å². The lowest BCUT2D eigenvalue weighted by Gasteiger charge is -2.22. The summed E-state index contributed by atoms with van der Waals surface area (Å²) in [6, 6.07) is 0.574. The van der Waals surface area contributed by atoms with E-state index in [0.29, 0.717) is 12.1 Å². The molecule has 5 nitrogen and oxygen atoms in total. The molecule has 2 atom stereocenters. The number of hydrogen-bond acceptors (Lipinski definition) is 4. The summed E-state index contributed by atoms with van der Waals surface area (Å²) in [6.45, 7) is 8.58. The second-order valence-electron chi connectivity index (χ2n) is 6.53. The van der Waals surface area contributed by atoms with Gasteiger partial charge in [0.25, 0.3) is 0 Å². The van der Waals surface area contributed by atoms with Crippen molar-refractivity contribution in [3.05, 3.63) is 0 Å². The first-order valence-electron chi connectivity index (χ1n) is 9.67. The molecule has 0 aromatic rings. The molecule has 2 aliphatic rings. The van der Waals surface area contributed by atoms with E-state index in [2.05, 4.69) is 36.2 Å². The van der Waals surface area contributed by atoms with E-state index in [1.54, 1.807) is 0 Å². The van der Waals surface area contributed by atoms with E-state index in [0.717, 1.165) is 63.4 Å². The molecule has 2 rings (SSSR count). The topological polar surface area (TPSA) is 54.9 Å². The number of guanidine groups is 1. The van der Waals surface area contributed by atoms with Crippen LogP contribution in [0.2, 0.25) is 0 Å². The predicted octanol–water partition coefficient (Wildman–Crippen LogP) is 3.42. The lowest BCUT2D eigenvalue weighted by atomic mass is 10.1. The molecule has 0 radical (unpaired) electrons. The van der Waals surface area contributed by atoms with Crippen molar-refractivity contribution in [3.8, 4) is 0 Å². The number of ether oxygens (including phenoxy) is 2. The summed E-state index contributed by atoms with van der Waals surface area (Å²) in [5.41, 5.74) is 0. The molecule has 0 aromatic carbocycles. The van der Waals surface area contributed by atoms with Gasteiger partial charge in [-0.05, 0) is 51.2 Å². The van der Waals surface area contributed by atoms with Gasteiger partial charge in [-0.15, -0.1) is 24.0 Å². The van der Waals surface area contributed by atoms with Gasteiger partial charge in [-0.25, -0.2) is 0 Å². The quantitative estimate of drug-likeness (QED) is 0.227. The first-order chi connectivity index (χ1) is 11.8. The van der Waals surface area contributed by atoms with Gasteiger partial charge in [-0.1, -0.05) is 6.92 Å². The van der Waals surface area contributed by atoms with E-state index in [9.17, 15) is 0 Å². The molecular weight excluding hydrogens is 449 g/mol. The summed E-state index contributed by atoms with van der Waals surface area (Å²) in [7, 11) is 0. The SMILES string of the molecule is CCNC(=NCCCOC1CCOCC1)NC1CCC(SCC)C1.I. The Morgan fingerprint density at radius 3 is 2.72 bits per heavy atom. The molecule has 0 spiro atoms. The van der Waals surface area contributed by atoms with Crippen LogP contribution in [0.4, 0.5) is 0 Å². The maximum atomic E-state index is 5.91. The average Bonchev–Trinajstić information content (AvgIpc) is 3.03. The fraction of sp³-hybridized carbons (Fsp3) is 0.944. The Bertz CT molecular complexity index is 368. The van der Waals surface area contributed by atoms with Crippen LogP contribution < -0.4 is 10.6 Å². The van der Waals surface area contributed by atoms with Crippen molar-refractivity contribution in [2.45, 2.75) is 69.8 Å². The molecule has 2 N–H and O–H groups in total. The van der Waals surface area contributed by atoms with Crippen LogP contribution in [0.25, 0.3) is 0 Å². The Balaban J connectivity index is 0.00000312. The Kier molecular flexibility index (Phi) is 13.4. The summed E-state index contributed by atoms with van der Waals surface area (Å²) in [4.78, 5) is 4.71. The van der Waals surface area contributed by atoms with E-state index in [1.807, 2.05) is 0 Å². The molecular formula is C18H36IN3O2S. The standard InChI is InChI=1S/C18H35N3O2S.HI/c1-3-19-18(21-15-6-7-17(14-15)24-4-2)20-10-5-11-23-16-8-12-22-13-9-16;/h15-17H,3-14H2,1-2H3,(H2,19,20,21);1H. The highest BCUT2D eigenvalue weighted by molar-refractivity contribution is 14.0. The summed E-state index contributed by atoms with van der Waals surface area (Å²) in [5.74, 6) is 2.19. The van der Waals surface area contributed by atoms with Crippen molar-refractivity contribution in [1.82, 2.24) is 10.6 Å². The van der Waals surface area contributed by atoms with Crippen LogP contribution in [0.3, 0.4) is 0 Å². The first-order valence-corrected chi connectivity index (χ1v) is 10.7. The van der Waals surface area contributed by atoms with E-state index in [4.69, 9.17) is 14.5 Å². The Morgan fingerprint density at radius 2 is 2.00 bits per heavy atom. The van der Waals surface area contributed by atoms with Crippen LogP contribution in [0.5, 0.6) is 0 Å². The van der Waals surface area contributed by atoms with Crippen LogP contribution in [-0.2, 0) is 9.47 Å². The molecule has 0 amide bonds. The first kappa shape index (κ1) is 23.3. The van der Waals surface area contributed by atoms with Crippen LogP contribution >= 0.6 is 35.7 Å². The van der Waals surface area contributed by atoms with Gasteiger partial charge in [0.05, 0.1) is 6.10 Å². The number of aliphatic imine (C=N–C) groups is 1. The molecule has 25 heavy (non-hydrogen) atoms. The van der Waals surface area contributed by atoms with Gasteiger partial charge in [0.1, 0.15) is 0 Å². The van der Waals surface area contributed by atoms with E-state index >= 15 is 0 Å². The van der Waals surface area contributed by atoms with Gasteiger partial charge < -0.3 is 20.1 Å². The number of thioether (sulfide) groups is 1. The minimum atomic E-state index is 0. The van der Waals surface area contributed by atoms with Gasteiger partial charge >= 0.3 is 0 Å². The predicted molar refractivity (Wildman–Crippen MR) is 118 cm³/mol. The zero-order chi connectivity index (χ0) is 17.0. The number of nitrogens with zero attached hydrogens (tertiary/aromatic N) is 1. The van der Waals surface area contributed by atoms with Crippen LogP contribution in [0, 0.1) is 0 Å². The molecule has 2 unspecified atom stereocenters. The number of halogens is 1. The van der Waals surface area contributed by atoms with Crippen molar-refractivity contribution in [2.24, 2.45) is 4.99 Å². The van der Waals surface area contributed by atoms with Crippen molar-refractivity contribution >= 4 is 41.7 Å². The Labute approximate surface area is 174 Å². The zero-order valence-corrected chi connectivity index (χ0v) is 18.9. The normalized spacial score (nSPS) is 24.8. The smallest absolute Gasteiger partial charge is 0.191 e. The fourth-order valence-corrected chi connectivity index (χ4v) is 4.46. The average molecular weight is 485 g/mol. The lowest BCUT2D eigenvalue weighted by molar-refractivity contribution is -0.0318. The van der Waals surface area contributed by atoms with Crippen molar-refractivity contribution in [2.75, 3.05) is 38.7 Å². The molecule has 1 saturated heterocycles. The minimum Gasteiger partial charge on any atom is -0.381 e. The number of rotatable bonds is 9. The Hall–Kier alpha value is 0.270. The highest BCUT2D eigenvalue weighted by atomic mass is 127. The molecule has 0 aromatic heterocycles. The van der Waals surface area contributed by atoms with E-state index < -0.39 is 0 Å². The van der Waals surface area contributed by atoms with Gasteiger partial charge in [0.15, 0.2) is 5.96 Å². The molecule has 0 bridgehead atoms. The van der Waals surface area contributed by atoms with E-state index in [1.165, 1.54) is 25.0 Å². The summed E-state index contributed by atoms with van der Waals surface area (Å²) >= 11 is 2.10. The minimum absolute atomic E-state index is 0. The lowest BCUT2D eigenvalue weighted by Crippen LogP contribution is -2.42. The van der Waals surface area contributed by atoms with Gasteiger partial charge in [-0.3, -0.25) is 4.99 Å². The largest absolute Gasteiger partial charge is 0.381 e. The third-order valence-corrected chi connectivity index (χ3v) is 5.80. The maximum absolute atomic E-state index is 5.91. The summed E-state index contributed by atoms with van der Waals surface area (Å²) in [6.07, 6.45) is 7.28. The van der Waals surface area contributed by atoms with E-state index in [-0.39, 0.29) is 24.0 Å². The summed E-state index contributed by atoms with van der Waals surface area (Å²) < 4.78 is 11.3. The summed E-state index contributed by atoms with van der Waals surface area (Å²) in [5, 5.41) is 7.81. The molecule has 1 aliphatic carbocycles. The second-order valence-corrected chi connectivity index (χ2v) is 8.11. The number of nitrogens with one attached hydrogen (secondary N) is 2. The van der Waals surface area contributed by atoms with Gasteiger partial charge in [-0.2, -0.15) is 11.8 Å². The molecule has 1 saturated carbocycles. The number of hydrogen-bond donors (Lipinski definition) is 2. The highest BCUT2D eigenvalue weighted by Crippen LogP contribution is 2.29. The maximum Gasteiger partial charge on any atom is 0.191 e. The van der Waals surface area contributed by atoms with Crippen LogP contribution in [0.1, 0.15) is 52.4 Å². The van der Waals surface area contributed by atoms with Gasteiger partial charge in [0.2, 0.25) is 0 Å². The molecule has 1 heterocycles. The third kappa shape index (κ3) is 9.68. The van der Waals surface area contributed by atoms with Crippen LogP contribution in [0.15, 0.2) is 4.99 Å². The second kappa shape index (κ2) is 14.3. The zero-order valence-electron chi connectivity index (χ0n) is 15.8. The molecule has 148 valence electrons. The van der Waals surface area contributed by atoms with Crippen molar-refractivity contribution in [3.63, 3.8) is 0 Å². The molecule has 2 fully saturated rings. The highest BCUT2D eigenvalue weighted by Gasteiger charge is 2.25. The molecule has 7 heteroatoms. The molecule has 1 aliphatic heterocycles. The Morgan fingerprint density at radius 1 is 1.20 bits per heavy atom. The fourth-order valence-electron chi connectivity index (χ4n) is 3.32. The van der Waals surface area contributed by atoms with Crippen molar-refractivity contribution < 1.29 is 9.47 Å². The third-order valence-electron chi connectivity index (χ3n) is 4.57. The van der Waals surface area contributed by atoms with Crippen LogP contribution in [-0.4, -0.2) is 62.0 Å². The van der Waals surface area contributed by atoms with Crippen molar-refractivity contribution in [1.29, 1.82) is 0 Å². The monoisotopic (exact) mass is 485 g/mol.